The Hall–Kier alpha value is -3.03. The smallest absolute Gasteiger partial charge is 0.476 e. The van der Waals surface area contributed by atoms with E-state index in [1.807, 2.05) is 12.3 Å². The third-order valence-corrected chi connectivity index (χ3v) is 8.55. The van der Waals surface area contributed by atoms with Gasteiger partial charge < -0.3 is 19.8 Å². The van der Waals surface area contributed by atoms with Crippen LogP contribution in [-0.4, -0.2) is 95.4 Å². The summed E-state index contributed by atoms with van der Waals surface area (Å²) in [6.45, 7) is 4.99. The predicted octanol–water partition coefficient (Wildman–Crippen LogP) is 3.41. The SMILES string of the molecule is Cc1nc(CN2CC3(CCN(C)CC3)COc3ncccc3S2(=O)=O)cs1.O=C(O)C(F)(F)F.O=C(O)C(F)(F)F. The average molecular weight is 637 g/mol. The maximum Gasteiger partial charge on any atom is 0.490 e. The van der Waals surface area contributed by atoms with Gasteiger partial charge in [0.1, 0.15) is 4.90 Å². The van der Waals surface area contributed by atoms with Crippen molar-refractivity contribution < 1.29 is 59.3 Å². The topological polar surface area (TPSA) is 150 Å². The van der Waals surface area contributed by atoms with Crippen molar-refractivity contribution in [3.63, 3.8) is 0 Å². The third kappa shape index (κ3) is 9.79. The molecule has 0 radical (unpaired) electrons. The molecule has 1 fully saturated rings. The minimum absolute atomic E-state index is 0.139. The lowest BCUT2D eigenvalue weighted by molar-refractivity contribution is -0.193. The van der Waals surface area contributed by atoms with Crippen LogP contribution >= 0.6 is 11.3 Å². The molecule has 0 bridgehead atoms. The molecule has 2 N–H and O–H groups in total. The molecule has 1 spiro atoms. The number of carbonyl (C=O) groups is 2. The van der Waals surface area contributed by atoms with Crippen LogP contribution in [0.1, 0.15) is 23.5 Å². The second-order valence-electron chi connectivity index (χ2n) is 9.14. The van der Waals surface area contributed by atoms with Crippen LogP contribution in [0.2, 0.25) is 0 Å². The van der Waals surface area contributed by atoms with Gasteiger partial charge in [0, 0.05) is 23.5 Å². The zero-order valence-corrected chi connectivity index (χ0v) is 23.2. The number of aromatic nitrogens is 2. The first-order valence-corrected chi connectivity index (χ1v) is 13.9. The lowest BCUT2D eigenvalue weighted by atomic mass is 9.79. The monoisotopic (exact) mass is 636 g/mol. The fourth-order valence-corrected chi connectivity index (χ4v) is 5.95. The zero-order chi connectivity index (χ0) is 31.2. The number of halogens is 6. The molecule has 2 aromatic heterocycles. The highest BCUT2D eigenvalue weighted by atomic mass is 32.2. The lowest BCUT2D eigenvalue weighted by Crippen LogP contribution is -2.50. The van der Waals surface area contributed by atoms with Crippen molar-refractivity contribution in [3.8, 4) is 5.88 Å². The standard InChI is InChI=1S/C18H24N4O3S2.2C2HF3O2/c1-14-20-15(11-26-14)10-22-12-18(5-8-21(2)9-6-18)13-25-17-16(27(22,23)24)4-3-7-19-17;2*3-2(4,5)1(6)7/h3-4,7,11H,5-6,8-10,12-13H2,1-2H3;2*(H,6,7). The molecule has 4 rings (SSSR count). The number of rotatable bonds is 2. The Morgan fingerprint density at radius 3 is 2.10 bits per heavy atom. The lowest BCUT2D eigenvalue weighted by Gasteiger charge is -2.43. The number of sulfonamides is 1. The molecule has 41 heavy (non-hydrogen) atoms. The van der Waals surface area contributed by atoms with Gasteiger partial charge in [0.05, 0.1) is 23.9 Å². The molecular formula is C22H26F6N4O7S2. The molecular weight excluding hydrogens is 610 g/mol. The van der Waals surface area contributed by atoms with E-state index in [2.05, 4.69) is 21.9 Å². The number of carboxylic acid groups (broad SMARTS) is 2. The Morgan fingerprint density at radius 2 is 1.63 bits per heavy atom. The summed E-state index contributed by atoms with van der Waals surface area (Å²) in [7, 11) is -1.63. The van der Waals surface area contributed by atoms with Gasteiger partial charge in [-0.15, -0.1) is 11.3 Å². The van der Waals surface area contributed by atoms with E-state index in [9.17, 15) is 34.8 Å². The molecule has 0 saturated carbocycles. The number of ether oxygens (including phenoxy) is 1. The zero-order valence-electron chi connectivity index (χ0n) is 21.6. The molecule has 2 aliphatic heterocycles. The number of aryl methyl sites for hydroxylation is 1. The van der Waals surface area contributed by atoms with Gasteiger partial charge in [0.15, 0.2) is 0 Å². The first kappa shape index (κ1) is 34.2. The van der Waals surface area contributed by atoms with Crippen molar-refractivity contribution in [1.29, 1.82) is 0 Å². The molecule has 4 heterocycles. The molecule has 1 saturated heterocycles. The van der Waals surface area contributed by atoms with Crippen molar-refractivity contribution in [2.45, 2.75) is 43.6 Å². The van der Waals surface area contributed by atoms with Crippen molar-refractivity contribution in [3.05, 3.63) is 34.4 Å². The van der Waals surface area contributed by atoms with Crippen LogP contribution in [0, 0.1) is 12.3 Å². The van der Waals surface area contributed by atoms with Gasteiger partial charge in [-0.25, -0.2) is 28.0 Å². The number of thiazole rings is 1. The number of carboxylic acids is 2. The number of hydrogen-bond acceptors (Lipinski definition) is 9. The van der Waals surface area contributed by atoms with Crippen molar-refractivity contribution in [2.24, 2.45) is 5.41 Å². The maximum atomic E-state index is 13.4. The van der Waals surface area contributed by atoms with E-state index >= 15 is 0 Å². The van der Waals surface area contributed by atoms with E-state index < -0.39 is 34.3 Å². The van der Waals surface area contributed by atoms with Gasteiger partial charge >= 0.3 is 24.3 Å². The summed E-state index contributed by atoms with van der Waals surface area (Å²) in [4.78, 5) is 28.9. The molecule has 11 nitrogen and oxygen atoms in total. The highest BCUT2D eigenvalue weighted by Crippen LogP contribution is 2.38. The van der Waals surface area contributed by atoms with Crippen LogP contribution in [0.25, 0.3) is 0 Å². The van der Waals surface area contributed by atoms with Crippen LogP contribution in [0.5, 0.6) is 5.88 Å². The fourth-order valence-electron chi connectivity index (χ4n) is 3.74. The second-order valence-corrected chi connectivity index (χ2v) is 12.1. The molecule has 230 valence electrons. The molecule has 0 amide bonds. The van der Waals surface area contributed by atoms with E-state index in [4.69, 9.17) is 24.5 Å². The van der Waals surface area contributed by atoms with Crippen LogP contribution in [0.15, 0.2) is 28.6 Å². The number of likely N-dealkylation sites (tertiary alicyclic amines) is 1. The summed E-state index contributed by atoms with van der Waals surface area (Å²) in [6.07, 6.45) is -6.80. The van der Waals surface area contributed by atoms with Gasteiger partial charge in [-0.05, 0) is 52.0 Å². The van der Waals surface area contributed by atoms with Crippen molar-refractivity contribution >= 4 is 33.3 Å². The molecule has 0 unspecified atom stereocenters. The number of alkyl halides is 6. The molecule has 19 heteroatoms. The molecule has 2 aliphatic rings. The molecule has 2 aromatic rings. The minimum atomic E-state index is -5.08. The Morgan fingerprint density at radius 1 is 1.10 bits per heavy atom. The average Bonchev–Trinajstić information content (AvgIpc) is 3.28. The first-order chi connectivity index (χ1) is 18.8. The van der Waals surface area contributed by atoms with Crippen LogP contribution in [0.3, 0.4) is 0 Å². The van der Waals surface area contributed by atoms with Gasteiger partial charge in [0.25, 0.3) is 0 Å². The van der Waals surface area contributed by atoms with Gasteiger partial charge in [-0.2, -0.15) is 30.6 Å². The number of pyridine rings is 1. The van der Waals surface area contributed by atoms with Gasteiger partial charge in [-0.3, -0.25) is 0 Å². The molecule has 0 aliphatic carbocycles. The maximum absolute atomic E-state index is 13.4. The predicted molar refractivity (Wildman–Crippen MR) is 131 cm³/mol. The first-order valence-electron chi connectivity index (χ1n) is 11.5. The van der Waals surface area contributed by atoms with Crippen molar-refractivity contribution in [1.82, 2.24) is 19.2 Å². The summed E-state index contributed by atoms with van der Waals surface area (Å²) in [5, 5.41) is 17.1. The van der Waals surface area contributed by atoms with Crippen LogP contribution < -0.4 is 4.74 Å². The van der Waals surface area contributed by atoms with Gasteiger partial charge in [-0.1, -0.05) is 0 Å². The highest BCUT2D eigenvalue weighted by molar-refractivity contribution is 7.89. The summed E-state index contributed by atoms with van der Waals surface area (Å²) < 4.78 is 97.9. The van der Waals surface area contributed by atoms with Crippen molar-refractivity contribution in [2.75, 3.05) is 33.3 Å². The van der Waals surface area contributed by atoms with Crippen LogP contribution in [-0.2, 0) is 26.2 Å². The van der Waals surface area contributed by atoms with E-state index in [1.54, 1.807) is 22.6 Å². The number of nitrogens with zero attached hydrogens (tertiary/aromatic N) is 4. The number of fused-ring (bicyclic) bond motifs is 1. The Bertz CT molecular complexity index is 1290. The molecule has 0 aromatic carbocycles. The third-order valence-electron chi connectivity index (χ3n) is 5.92. The largest absolute Gasteiger partial charge is 0.490 e. The van der Waals surface area contributed by atoms with Gasteiger partial charge in [0.2, 0.25) is 15.9 Å². The molecule has 0 atom stereocenters. The number of piperidine rings is 1. The summed E-state index contributed by atoms with van der Waals surface area (Å²) in [5.74, 6) is -5.31. The van der Waals surface area contributed by atoms with E-state index in [0.29, 0.717) is 13.2 Å². The fraction of sp³-hybridized carbons (Fsp3) is 0.545. The summed E-state index contributed by atoms with van der Waals surface area (Å²) in [6, 6.07) is 3.21. The normalized spacial score (nSPS) is 18.7. The Labute approximate surface area is 234 Å². The quantitative estimate of drug-likeness (QED) is 0.470. The number of aliphatic carboxylic acids is 2. The van der Waals surface area contributed by atoms with E-state index in [0.717, 1.165) is 36.6 Å². The second kappa shape index (κ2) is 13.3. The van der Waals surface area contributed by atoms with E-state index in [-0.39, 0.29) is 22.7 Å². The Balaban J connectivity index is 0.000000349. The number of hydrogen-bond donors (Lipinski definition) is 2. The highest BCUT2D eigenvalue weighted by Gasteiger charge is 2.43. The Kier molecular flexibility index (Phi) is 11.1. The summed E-state index contributed by atoms with van der Waals surface area (Å²) >= 11 is 1.54. The van der Waals surface area contributed by atoms with E-state index in [1.165, 1.54) is 11.3 Å². The van der Waals surface area contributed by atoms with Crippen LogP contribution in [0.4, 0.5) is 26.3 Å². The minimum Gasteiger partial charge on any atom is -0.476 e. The summed E-state index contributed by atoms with van der Waals surface area (Å²) in [5.41, 5.74) is 0.580.